The van der Waals surface area contributed by atoms with Crippen molar-refractivity contribution >= 4 is 35.8 Å². The molecule has 15 nitrogen and oxygen atoms in total. The zero-order valence-electron chi connectivity index (χ0n) is 40.3. The number of nitrogens with one attached hydrogen (secondary N) is 4. The molecule has 1 saturated heterocycles. The van der Waals surface area contributed by atoms with Gasteiger partial charge >= 0.3 is 0 Å². The Kier molecular flexibility index (Phi) is 41.9. The zero-order valence-corrected chi connectivity index (χ0v) is 40.3. The number of benzene rings is 1. The molecule has 1 aromatic carbocycles. The maximum Gasteiger partial charge on any atom is 0.290 e. The zero-order chi connectivity index (χ0) is 47.9. The first-order valence-electron chi connectivity index (χ1n) is 22.0. The van der Waals surface area contributed by atoms with Crippen molar-refractivity contribution < 1.29 is 38.6 Å². The minimum absolute atomic E-state index is 0.0232. The molecule has 3 rings (SSSR count). The first kappa shape index (κ1) is 62.9. The summed E-state index contributed by atoms with van der Waals surface area (Å²) in [4.78, 5) is 81.7. The van der Waals surface area contributed by atoms with Crippen molar-refractivity contribution in [2.24, 2.45) is 11.8 Å². The van der Waals surface area contributed by atoms with Crippen molar-refractivity contribution in [3.8, 4) is 0 Å². The van der Waals surface area contributed by atoms with Crippen LogP contribution in [0.5, 0.6) is 0 Å². The van der Waals surface area contributed by atoms with E-state index in [0.29, 0.717) is 31.7 Å². The molecule has 0 radical (unpaired) electrons. The number of ketones is 1. The number of amides is 5. The maximum atomic E-state index is 12.4. The highest BCUT2D eigenvalue weighted by Gasteiger charge is 2.33. The second-order valence-corrected chi connectivity index (χ2v) is 13.7. The van der Waals surface area contributed by atoms with Gasteiger partial charge < -0.3 is 36.0 Å². The highest BCUT2D eigenvalue weighted by Crippen LogP contribution is 2.16. The van der Waals surface area contributed by atoms with E-state index in [1.54, 1.807) is 13.8 Å². The van der Waals surface area contributed by atoms with Crippen LogP contribution in [-0.4, -0.2) is 100 Å². The molecule has 5 amide bonds. The van der Waals surface area contributed by atoms with E-state index >= 15 is 0 Å². The molecule has 1 fully saturated rings. The summed E-state index contributed by atoms with van der Waals surface area (Å²) < 4.78 is 4.10. The SMILES string of the molecule is CC.CC.CC.CC(C)C(C)NC(=O)[C@@H](NC(=O)c1cnccn1)C(C)C.CCC(NC(=O)C1CCCN1C=O)C(=O)C(=O)N[C@@H](C)c1ccccc1.CCCC.COCO. The number of aromatic nitrogens is 2. The van der Waals surface area contributed by atoms with E-state index < -0.39 is 41.6 Å². The lowest BCUT2D eigenvalue weighted by molar-refractivity contribution is -0.141. The number of nitrogens with zero attached hydrogens (tertiary/aromatic N) is 3. The van der Waals surface area contributed by atoms with Crippen molar-refractivity contribution in [3.05, 3.63) is 60.2 Å². The van der Waals surface area contributed by atoms with Gasteiger partial charge in [0.15, 0.2) is 0 Å². The number of hydrogen-bond donors (Lipinski definition) is 5. The number of aliphatic hydroxyl groups excluding tert-OH is 1. The third-order valence-corrected chi connectivity index (χ3v) is 8.68. The van der Waals surface area contributed by atoms with Gasteiger partial charge in [-0.05, 0) is 50.5 Å². The highest BCUT2D eigenvalue weighted by atomic mass is 16.6. The number of hydrogen-bond acceptors (Lipinski definition) is 10. The molecule has 3 unspecified atom stereocenters. The lowest BCUT2D eigenvalue weighted by Crippen LogP contribution is -2.52. The second-order valence-electron chi connectivity index (χ2n) is 13.7. The normalized spacial score (nSPS) is 14.0. The van der Waals surface area contributed by atoms with Gasteiger partial charge in [0.25, 0.3) is 11.8 Å². The van der Waals surface area contributed by atoms with Crippen LogP contribution >= 0.6 is 0 Å². The summed E-state index contributed by atoms with van der Waals surface area (Å²) in [5, 5.41) is 18.6. The number of carbonyl (C=O) groups excluding carboxylic acids is 6. The van der Waals surface area contributed by atoms with E-state index in [4.69, 9.17) is 5.11 Å². The van der Waals surface area contributed by atoms with Crippen LogP contribution in [-0.2, 0) is 28.7 Å². The summed E-state index contributed by atoms with van der Waals surface area (Å²) in [5.74, 6) is -2.06. The lowest BCUT2D eigenvalue weighted by atomic mass is 10.0. The van der Waals surface area contributed by atoms with Crippen molar-refractivity contribution in [2.75, 3.05) is 20.4 Å². The summed E-state index contributed by atoms with van der Waals surface area (Å²) in [6, 6.07) is 6.97. The molecule has 0 spiro atoms. The van der Waals surface area contributed by atoms with Crippen molar-refractivity contribution in [1.82, 2.24) is 36.1 Å². The van der Waals surface area contributed by atoms with Gasteiger partial charge in [-0.2, -0.15) is 0 Å². The Morgan fingerprint density at radius 1 is 0.836 bits per heavy atom. The van der Waals surface area contributed by atoms with E-state index in [1.165, 1.54) is 43.4 Å². The predicted molar refractivity (Wildman–Crippen MR) is 245 cm³/mol. The Labute approximate surface area is 368 Å². The Bertz CT molecular complexity index is 1410. The summed E-state index contributed by atoms with van der Waals surface area (Å²) in [6.07, 6.45) is 9.21. The van der Waals surface area contributed by atoms with Gasteiger partial charge in [-0.25, -0.2) is 4.98 Å². The number of Topliss-reactive ketones (excluding diaryl/α,β-unsaturated/α-hetero) is 1. The van der Waals surface area contributed by atoms with Crippen LogP contribution in [0.15, 0.2) is 48.9 Å². The average Bonchev–Trinajstić information content (AvgIpc) is 3.79. The van der Waals surface area contributed by atoms with Gasteiger partial charge in [0.1, 0.15) is 24.6 Å². The van der Waals surface area contributed by atoms with Gasteiger partial charge in [-0.15, -0.1) is 0 Å². The number of likely N-dealkylation sites (tertiary alicyclic amines) is 1. The van der Waals surface area contributed by atoms with Gasteiger partial charge in [0, 0.05) is 32.1 Å². The third-order valence-electron chi connectivity index (χ3n) is 8.68. The molecular weight excluding hydrogens is 779 g/mol. The monoisotopic (exact) mass is 862 g/mol. The topological polar surface area (TPSA) is 209 Å². The minimum Gasteiger partial charge on any atom is -0.371 e. The van der Waals surface area contributed by atoms with E-state index in [0.717, 1.165) is 12.0 Å². The molecule has 2 aromatic rings. The molecule has 15 heteroatoms. The van der Waals surface area contributed by atoms with E-state index in [9.17, 15) is 28.8 Å². The molecule has 2 heterocycles. The average molecular weight is 862 g/mol. The number of methoxy groups -OCH3 is 1. The fraction of sp³-hybridized carbons (Fsp3) is 0.652. The highest BCUT2D eigenvalue weighted by molar-refractivity contribution is 6.38. The molecule has 0 bridgehead atoms. The molecule has 5 N–H and O–H groups in total. The lowest BCUT2D eigenvalue weighted by Gasteiger charge is -2.25. The predicted octanol–water partition coefficient (Wildman–Crippen LogP) is 6.81. The smallest absolute Gasteiger partial charge is 0.290 e. The van der Waals surface area contributed by atoms with Gasteiger partial charge in [-0.1, -0.05) is 133 Å². The Morgan fingerprint density at radius 2 is 1.39 bits per heavy atom. The first-order valence-corrected chi connectivity index (χ1v) is 22.0. The number of carbonyl (C=O) groups is 6. The Morgan fingerprint density at radius 3 is 1.82 bits per heavy atom. The van der Waals surface area contributed by atoms with Crippen LogP contribution in [0.2, 0.25) is 0 Å². The molecule has 0 saturated carbocycles. The van der Waals surface area contributed by atoms with Crippen LogP contribution in [0.3, 0.4) is 0 Å². The molecule has 350 valence electrons. The molecule has 0 aliphatic carbocycles. The van der Waals surface area contributed by atoms with Crippen LogP contribution in [0.25, 0.3) is 0 Å². The number of aliphatic hydroxyl groups is 1. The number of ether oxygens (including phenoxy) is 1. The molecular formula is C46H83N7O8. The van der Waals surface area contributed by atoms with Crippen molar-refractivity contribution in [1.29, 1.82) is 0 Å². The summed E-state index contributed by atoms with van der Waals surface area (Å²) in [5.41, 5.74) is 1.09. The summed E-state index contributed by atoms with van der Waals surface area (Å²) in [6.45, 7) is 30.0. The van der Waals surface area contributed by atoms with Crippen molar-refractivity contribution in [3.63, 3.8) is 0 Å². The first-order chi connectivity index (χ1) is 29.1. The van der Waals surface area contributed by atoms with Crippen LogP contribution < -0.4 is 21.3 Å². The Balaban J connectivity index is -0.000000414. The largest absolute Gasteiger partial charge is 0.371 e. The third kappa shape index (κ3) is 27.7. The summed E-state index contributed by atoms with van der Waals surface area (Å²) in [7, 11) is 1.43. The quantitative estimate of drug-likeness (QED) is 0.0677. The Hall–Kier alpha value is -4.76. The summed E-state index contributed by atoms with van der Waals surface area (Å²) >= 11 is 0. The van der Waals surface area contributed by atoms with Gasteiger partial charge in [-0.3, -0.25) is 33.8 Å². The van der Waals surface area contributed by atoms with Crippen LogP contribution in [0.4, 0.5) is 0 Å². The van der Waals surface area contributed by atoms with E-state index in [1.807, 2.05) is 106 Å². The van der Waals surface area contributed by atoms with E-state index in [2.05, 4.69) is 49.8 Å². The molecule has 1 aliphatic rings. The second kappa shape index (κ2) is 40.6. The number of unbranched alkanes of at least 4 members (excludes halogenated alkanes) is 1. The minimum atomic E-state index is -0.903. The molecule has 5 atom stereocenters. The van der Waals surface area contributed by atoms with Gasteiger partial charge in [0.2, 0.25) is 24.0 Å². The number of rotatable bonds is 16. The molecule has 1 aliphatic heterocycles. The van der Waals surface area contributed by atoms with E-state index in [-0.39, 0.29) is 36.4 Å². The standard InChI is InChI=1S/C19H25N3O4.C15H24N4O2.C4H10.C2H6O2.3C2H6/c1-3-15(21-18(25)16-10-7-11-22(16)12-23)17(24)19(26)20-13(2)14-8-5-4-6-9-14;1-9(2)11(5)18-15(21)13(10(3)4)19-14(20)12-8-16-6-7-17-12;1-3-4-2;1-4-2-3;3*1-2/h4-6,8-9,12-13,15-16H,3,7,10-11H2,1-2H3,(H,20,26)(H,21,25);6-11,13H,1-5H3,(H,18,21)(H,19,20);3-4H2,1-2H3;3H,2H2,1H3;3*1-2H3/t13-,15?,16?;11?,13-;;;;;/m00...../s1. The maximum absolute atomic E-state index is 12.4. The van der Waals surface area contributed by atoms with Crippen molar-refractivity contribution in [2.45, 2.75) is 166 Å². The fourth-order valence-electron chi connectivity index (χ4n) is 4.72. The van der Waals surface area contributed by atoms with Crippen LogP contribution in [0.1, 0.15) is 158 Å². The van der Waals surface area contributed by atoms with Crippen LogP contribution in [0, 0.1) is 11.8 Å². The molecule has 1 aromatic heterocycles. The van der Waals surface area contributed by atoms with Gasteiger partial charge in [0.05, 0.1) is 18.3 Å². The fourth-order valence-corrected chi connectivity index (χ4v) is 4.72. The molecule has 61 heavy (non-hydrogen) atoms.